The second-order valence-electron chi connectivity index (χ2n) is 5.60. The summed E-state index contributed by atoms with van der Waals surface area (Å²) in [5, 5.41) is 21.1. The van der Waals surface area contributed by atoms with Gasteiger partial charge in [0.15, 0.2) is 0 Å². The molecule has 2 rings (SSSR count). The minimum absolute atomic E-state index is 0.553. The fourth-order valence-electron chi connectivity index (χ4n) is 3.14. The Morgan fingerprint density at radius 2 is 2.25 bits per heavy atom. The lowest BCUT2D eigenvalue weighted by Crippen LogP contribution is -2.23. The molecule has 0 unspecified atom stereocenters. The molecule has 4 nitrogen and oxygen atoms in total. The van der Waals surface area contributed by atoms with Crippen molar-refractivity contribution >= 4 is 17.5 Å². The van der Waals surface area contributed by atoms with Crippen LogP contribution in [0.3, 0.4) is 0 Å². The molecule has 1 aliphatic rings. The standard InChI is InChI=1S/C15H25N3OS/c1-4-6-12-15-13(17-16-12)8-11(9-14(15)18-19)7-10(3)20-5-2/h10-11,19H,4-9H2,1-3H3,(H,16,17)/b18-14+/t10-,11-/m0/s1. The van der Waals surface area contributed by atoms with Crippen molar-refractivity contribution in [2.45, 2.75) is 58.1 Å². The smallest absolute Gasteiger partial charge is 0.0907 e. The molecule has 1 aliphatic carbocycles. The zero-order chi connectivity index (χ0) is 14.5. The van der Waals surface area contributed by atoms with E-state index in [9.17, 15) is 5.21 Å². The van der Waals surface area contributed by atoms with Gasteiger partial charge in [0.1, 0.15) is 0 Å². The Bertz CT molecular complexity index is 470. The van der Waals surface area contributed by atoms with Crippen molar-refractivity contribution < 1.29 is 5.21 Å². The summed E-state index contributed by atoms with van der Waals surface area (Å²) in [6, 6.07) is 0. The fraction of sp³-hybridized carbons (Fsp3) is 0.733. The molecular formula is C15H25N3OS. The molecule has 0 spiro atoms. The zero-order valence-corrected chi connectivity index (χ0v) is 13.5. The van der Waals surface area contributed by atoms with E-state index in [1.165, 1.54) is 6.42 Å². The third kappa shape index (κ3) is 3.37. The number of H-pyrrole nitrogens is 1. The highest BCUT2D eigenvalue weighted by Gasteiger charge is 2.29. The first-order valence-electron chi connectivity index (χ1n) is 7.58. The minimum atomic E-state index is 0.553. The van der Waals surface area contributed by atoms with Crippen LogP contribution in [0.5, 0.6) is 0 Å². The molecule has 1 aromatic rings. The highest BCUT2D eigenvalue weighted by Crippen LogP contribution is 2.32. The van der Waals surface area contributed by atoms with E-state index in [4.69, 9.17) is 0 Å². The normalized spacial score (nSPS) is 21.9. The first-order chi connectivity index (χ1) is 9.69. The van der Waals surface area contributed by atoms with Crippen LogP contribution in [-0.2, 0) is 12.8 Å². The summed E-state index contributed by atoms with van der Waals surface area (Å²) < 4.78 is 0. The maximum absolute atomic E-state index is 9.35. The molecule has 5 heteroatoms. The summed E-state index contributed by atoms with van der Waals surface area (Å²) in [7, 11) is 0. The molecule has 0 radical (unpaired) electrons. The number of aromatic nitrogens is 2. The SMILES string of the molecule is CCCc1n[nH]c2c1/C(=N/O)C[C@@H](C[C@H](C)SCC)C2. The van der Waals surface area contributed by atoms with Crippen LogP contribution in [0.4, 0.5) is 0 Å². The van der Waals surface area contributed by atoms with Gasteiger partial charge in [-0.15, -0.1) is 0 Å². The summed E-state index contributed by atoms with van der Waals surface area (Å²) in [5.41, 5.74) is 4.12. The third-order valence-electron chi connectivity index (χ3n) is 3.90. The second kappa shape index (κ2) is 7.16. The number of aryl methyl sites for hydroxylation is 1. The number of hydrogen-bond donors (Lipinski definition) is 2. The molecule has 1 heterocycles. The van der Waals surface area contributed by atoms with Gasteiger partial charge in [-0.05, 0) is 37.4 Å². The van der Waals surface area contributed by atoms with Crippen LogP contribution in [0.25, 0.3) is 0 Å². The summed E-state index contributed by atoms with van der Waals surface area (Å²) in [6.07, 6.45) is 5.06. The van der Waals surface area contributed by atoms with Crippen molar-refractivity contribution in [3.05, 3.63) is 17.0 Å². The molecule has 0 aliphatic heterocycles. The highest BCUT2D eigenvalue weighted by molar-refractivity contribution is 7.99. The number of fused-ring (bicyclic) bond motifs is 1. The van der Waals surface area contributed by atoms with E-state index in [1.807, 2.05) is 11.8 Å². The highest BCUT2D eigenvalue weighted by atomic mass is 32.2. The van der Waals surface area contributed by atoms with Crippen molar-refractivity contribution in [1.82, 2.24) is 10.2 Å². The number of hydrogen-bond acceptors (Lipinski definition) is 4. The lowest BCUT2D eigenvalue weighted by atomic mass is 9.82. The first kappa shape index (κ1) is 15.4. The molecule has 0 bridgehead atoms. The Morgan fingerprint density at radius 1 is 1.45 bits per heavy atom. The molecule has 20 heavy (non-hydrogen) atoms. The topological polar surface area (TPSA) is 61.3 Å². The molecule has 2 atom stereocenters. The Kier molecular flexibility index (Phi) is 5.52. The molecule has 0 aromatic carbocycles. The van der Waals surface area contributed by atoms with Crippen LogP contribution in [0.2, 0.25) is 0 Å². The summed E-state index contributed by atoms with van der Waals surface area (Å²) in [6.45, 7) is 6.63. The Hall–Kier alpha value is -0.970. The third-order valence-corrected chi connectivity index (χ3v) is 5.00. The van der Waals surface area contributed by atoms with Crippen molar-refractivity contribution in [2.24, 2.45) is 11.1 Å². The quantitative estimate of drug-likeness (QED) is 0.622. The van der Waals surface area contributed by atoms with Crippen LogP contribution in [-0.4, -0.2) is 32.1 Å². The van der Waals surface area contributed by atoms with Gasteiger partial charge in [0.25, 0.3) is 0 Å². The number of aromatic amines is 1. The maximum Gasteiger partial charge on any atom is 0.0907 e. The average Bonchev–Trinajstić information content (AvgIpc) is 2.82. The van der Waals surface area contributed by atoms with E-state index in [0.717, 1.165) is 54.1 Å². The Labute approximate surface area is 125 Å². The molecule has 112 valence electrons. The van der Waals surface area contributed by atoms with E-state index in [-0.39, 0.29) is 0 Å². The van der Waals surface area contributed by atoms with Crippen LogP contribution in [0.1, 0.15) is 57.0 Å². The monoisotopic (exact) mass is 295 g/mol. The van der Waals surface area contributed by atoms with Crippen LogP contribution in [0.15, 0.2) is 5.16 Å². The predicted octanol–water partition coefficient (Wildman–Crippen LogP) is 3.63. The van der Waals surface area contributed by atoms with Crippen LogP contribution in [0, 0.1) is 5.92 Å². The van der Waals surface area contributed by atoms with Crippen molar-refractivity contribution in [3.8, 4) is 0 Å². The summed E-state index contributed by atoms with van der Waals surface area (Å²) >= 11 is 2.00. The molecular weight excluding hydrogens is 270 g/mol. The van der Waals surface area contributed by atoms with Gasteiger partial charge in [-0.3, -0.25) is 5.10 Å². The maximum atomic E-state index is 9.35. The molecule has 0 saturated carbocycles. The lowest BCUT2D eigenvalue weighted by molar-refractivity contribution is 0.314. The van der Waals surface area contributed by atoms with Crippen LogP contribution < -0.4 is 0 Å². The Morgan fingerprint density at radius 3 is 2.90 bits per heavy atom. The van der Waals surface area contributed by atoms with E-state index < -0.39 is 0 Å². The van der Waals surface area contributed by atoms with Crippen molar-refractivity contribution in [3.63, 3.8) is 0 Å². The van der Waals surface area contributed by atoms with Gasteiger partial charge in [-0.25, -0.2) is 0 Å². The van der Waals surface area contributed by atoms with E-state index in [1.54, 1.807) is 0 Å². The largest absolute Gasteiger partial charge is 0.411 e. The van der Waals surface area contributed by atoms with E-state index >= 15 is 0 Å². The minimum Gasteiger partial charge on any atom is -0.411 e. The predicted molar refractivity (Wildman–Crippen MR) is 84.9 cm³/mol. The molecule has 1 aromatic heterocycles. The van der Waals surface area contributed by atoms with Gasteiger partial charge in [-0.2, -0.15) is 16.9 Å². The summed E-state index contributed by atoms with van der Waals surface area (Å²) in [4.78, 5) is 0. The van der Waals surface area contributed by atoms with Gasteiger partial charge in [0.05, 0.1) is 11.4 Å². The molecule has 0 amide bonds. The van der Waals surface area contributed by atoms with Crippen LogP contribution >= 0.6 is 11.8 Å². The van der Waals surface area contributed by atoms with Gasteiger partial charge in [0, 0.05) is 16.5 Å². The first-order valence-corrected chi connectivity index (χ1v) is 8.63. The number of oxime groups is 1. The molecule has 2 N–H and O–H groups in total. The van der Waals surface area contributed by atoms with E-state index in [0.29, 0.717) is 11.2 Å². The number of nitrogens with one attached hydrogen (secondary N) is 1. The zero-order valence-electron chi connectivity index (χ0n) is 12.6. The number of thioether (sulfide) groups is 1. The summed E-state index contributed by atoms with van der Waals surface area (Å²) in [5.74, 6) is 1.71. The van der Waals surface area contributed by atoms with Gasteiger partial charge < -0.3 is 5.21 Å². The average molecular weight is 295 g/mol. The lowest BCUT2D eigenvalue weighted by Gasteiger charge is -2.25. The fourth-order valence-corrected chi connectivity index (χ4v) is 4.12. The Balaban J connectivity index is 2.14. The van der Waals surface area contributed by atoms with Gasteiger partial charge in [-0.1, -0.05) is 32.3 Å². The second-order valence-corrected chi connectivity index (χ2v) is 7.31. The van der Waals surface area contributed by atoms with Gasteiger partial charge >= 0.3 is 0 Å². The number of rotatable bonds is 6. The molecule has 0 saturated heterocycles. The van der Waals surface area contributed by atoms with Crippen molar-refractivity contribution in [1.29, 1.82) is 0 Å². The van der Waals surface area contributed by atoms with Crippen molar-refractivity contribution in [2.75, 3.05) is 5.75 Å². The van der Waals surface area contributed by atoms with E-state index in [2.05, 4.69) is 36.1 Å². The number of nitrogens with zero attached hydrogens (tertiary/aromatic N) is 2. The van der Waals surface area contributed by atoms with Gasteiger partial charge in [0.2, 0.25) is 0 Å². The molecule has 0 fully saturated rings.